The second kappa shape index (κ2) is 9.14. The molecule has 0 saturated carbocycles. The molecule has 0 aromatic heterocycles. The van der Waals surface area contributed by atoms with Crippen molar-refractivity contribution in [3.8, 4) is 0 Å². The van der Waals surface area contributed by atoms with Gasteiger partial charge in [0.1, 0.15) is 6.04 Å². The van der Waals surface area contributed by atoms with Crippen LogP contribution in [0.3, 0.4) is 0 Å². The summed E-state index contributed by atoms with van der Waals surface area (Å²) >= 11 is 11.9. The number of hydrogen-bond acceptors (Lipinski definition) is 3. The first-order chi connectivity index (χ1) is 13.0. The molecular weight excluding hydrogens is 401 g/mol. The molecule has 3 amide bonds. The van der Waals surface area contributed by atoms with Gasteiger partial charge in [0.25, 0.3) is 5.91 Å². The number of carbonyl (C=O) groups is 3. The van der Waals surface area contributed by atoms with Crippen molar-refractivity contribution in [2.24, 2.45) is 5.92 Å². The van der Waals surface area contributed by atoms with Crippen molar-refractivity contribution in [3.05, 3.63) is 33.8 Å². The van der Waals surface area contributed by atoms with Gasteiger partial charge in [-0.25, -0.2) is 0 Å². The van der Waals surface area contributed by atoms with Crippen molar-refractivity contribution >= 4 is 40.9 Å². The van der Waals surface area contributed by atoms with Gasteiger partial charge < -0.3 is 15.5 Å². The molecule has 1 heterocycles. The molecule has 2 rings (SSSR count). The van der Waals surface area contributed by atoms with Crippen molar-refractivity contribution < 1.29 is 14.4 Å². The predicted molar refractivity (Wildman–Crippen MR) is 111 cm³/mol. The Bertz CT molecular complexity index is 762. The van der Waals surface area contributed by atoms with Crippen LogP contribution in [0.4, 0.5) is 0 Å². The Balaban J connectivity index is 1.98. The first kappa shape index (κ1) is 22.5. The van der Waals surface area contributed by atoms with Crippen LogP contribution in [-0.4, -0.2) is 47.3 Å². The molecule has 2 N–H and O–H groups in total. The maximum atomic E-state index is 12.7. The van der Waals surface area contributed by atoms with Gasteiger partial charge in [-0.2, -0.15) is 0 Å². The fraction of sp³-hybridized carbons (Fsp3) is 0.550. The molecule has 0 spiro atoms. The molecule has 28 heavy (non-hydrogen) atoms. The molecule has 154 valence electrons. The molecule has 6 nitrogen and oxygen atoms in total. The monoisotopic (exact) mass is 427 g/mol. The second-order valence-corrected chi connectivity index (χ2v) is 9.00. The quantitative estimate of drug-likeness (QED) is 0.773. The SMILES string of the molecule is CC(NC(=O)C1CCCN(C(=O)c2ccc(Cl)c(Cl)c2)C1)C(=O)NC(C)(C)C. The van der Waals surface area contributed by atoms with Crippen LogP contribution < -0.4 is 10.6 Å². The topological polar surface area (TPSA) is 78.5 Å². The summed E-state index contributed by atoms with van der Waals surface area (Å²) in [6.45, 7) is 8.18. The third kappa shape index (κ3) is 6.11. The highest BCUT2D eigenvalue weighted by atomic mass is 35.5. The van der Waals surface area contributed by atoms with E-state index in [0.29, 0.717) is 41.5 Å². The van der Waals surface area contributed by atoms with Crippen LogP contribution in [0.2, 0.25) is 10.0 Å². The lowest BCUT2D eigenvalue weighted by Gasteiger charge is -2.33. The van der Waals surface area contributed by atoms with Gasteiger partial charge in [0.15, 0.2) is 0 Å². The zero-order valence-electron chi connectivity index (χ0n) is 16.6. The summed E-state index contributed by atoms with van der Waals surface area (Å²) in [6, 6.07) is 4.10. The van der Waals surface area contributed by atoms with Crippen molar-refractivity contribution in [3.63, 3.8) is 0 Å². The van der Waals surface area contributed by atoms with Gasteiger partial charge in [-0.05, 0) is 58.7 Å². The molecule has 0 aliphatic carbocycles. The number of benzene rings is 1. The maximum Gasteiger partial charge on any atom is 0.253 e. The minimum absolute atomic E-state index is 0.186. The third-order valence-corrected chi connectivity index (χ3v) is 5.24. The van der Waals surface area contributed by atoms with Crippen molar-refractivity contribution in [1.82, 2.24) is 15.5 Å². The number of likely N-dealkylation sites (tertiary alicyclic amines) is 1. The highest BCUT2D eigenvalue weighted by Gasteiger charge is 2.31. The number of piperidine rings is 1. The molecule has 1 aliphatic rings. The summed E-state index contributed by atoms with van der Waals surface area (Å²) in [5.41, 5.74) is 0.0673. The fourth-order valence-electron chi connectivity index (χ4n) is 3.06. The number of amides is 3. The molecule has 8 heteroatoms. The van der Waals surface area contributed by atoms with Crippen LogP contribution in [0.15, 0.2) is 18.2 Å². The van der Waals surface area contributed by atoms with Gasteiger partial charge in [0, 0.05) is 24.2 Å². The Kier molecular flexibility index (Phi) is 7.34. The van der Waals surface area contributed by atoms with E-state index < -0.39 is 6.04 Å². The molecule has 1 aliphatic heterocycles. The standard InChI is InChI=1S/C20H27Cl2N3O3/c1-12(17(26)24-20(2,3)4)23-18(27)14-6-5-9-25(11-14)19(28)13-7-8-15(21)16(22)10-13/h7-8,10,12,14H,5-6,9,11H2,1-4H3,(H,23,27)(H,24,26). The minimum Gasteiger partial charge on any atom is -0.350 e. The number of carbonyl (C=O) groups excluding carboxylic acids is 3. The van der Waals surface area contributed by atoms with Crippen LogP contribution in [0.1, 0.15) is 50.9 Å². The van der Waals surface area contributed by atoms with Gasteiger partial charge in [0.2, 0.25) is 11.8 Å². The normalized spacial score (nSPS) is 18.4. The molecule has 2 atom stereocenters. The van der Waals surface area contributed by atoms with E-state index in [1.807, 2.05) is 20.8 Å². The third-order valence-electron chi connectivity index (χ3n) is 4.50. The summed E-state index contributed by atoms with van der Waals surface area (Å²) in [5, 5.41) is 6.31. The van der Waals surface area contributed by atoms with Gasteiger partial charge in [-0.15, -0.1) is 0 Å². The Morgan fingerprint density at radius 3 is 2.46 bits per heavy atom. The molecule has 1 fully saturated rings. The predicted octanol–water partition coefficient (Wildman–Crippen LogP) is 3.27. The average molecular weight is 428 g/mol. The Labute approximate surface area is 175 Å². The lowest BCUT2D eigenvalue weighted by atomic mass is 9.96. The van der Waals surface area contributed by atoms with Crippen molar-refractivity contribution in [2.75, 3.05) is 13.1 Å². The molecule has 2 unspecified atom stereocenters. The van der Waals surface area contributed by atoms with Gasteiger partial charge >= 0.3 is 0 Å². The van der Waals surface area contributed by atoms with Crippen LogP contribution in [0.5, 0.6) is 0 Å². The molecule has 1 aromatic rings. The zero-order valence-corrected chi connectivity index (χ0v) is 18.2. The molecule has 1 saturated heterocycles. The maximum absolute atomic E-state index is 12.7. The van der Waals surface area contributed by atoms with E-state index in [-0.39, 0.29) is 29.2 Å². The molecule has 1 aromatic carbocycles. The summed E-state index contributed by atoms with van der Waals surface area (Å²) in [4.78, 5) is 39.2. The number of nitrogens with zero attached hydrogens (tertiary/aromatic N) is 1. The van der Waals surface area contributed by atoms with E-state index in [1.54, 1.807) is 24.0 Å². The average Bonchev–Trinajstić information content (AvgIpc) is 2.62. The Morgan fingerprint density at radius 2 is 1.86 bits per heavy atom. The lowest BCUT2D eigenvalue weighted by Crippen LogP contribution is -2.53. The lowest BCUT2D eigenvalue weighted by molar-refractivity contribution is -0.132. The van der Waals surface area contributed by atoms with Gasteiger partial charge in [-0.1, -0.05) is 23.2 Å². The smallest absolute Gasteiger partial charge is 0.253 e. The zero-order chi connectivity index (χ0) is 21.1. The highest BCUT2D eigenvalue weighted by molar-refractivity contribution is 6.42. The van der Waals surface area contributed by atoms with Crippen LogP contribution in [0, 0.1) is 5.92 Å². The van der Waals surface area contributed by atoms with E-state index in [2.05, 4.69) is 10.6 Å². The number of hydrogen-bond donors (Lipinski definition) is 2. The second-order valence-electron chi connectivity index (χ2n) is 8.19. The van der Waals surface area contributed by atoms with E-state index in [0.717, 1.165) is 0 Å². The van der Waals surface area contributed by atoms with Gasteiger partial charge in [0.05, 0.1) is 16.0 Å². The Hall–Kier alpha value is -1.79. The van der Waals surface area contributed by atoms with Crippen LogP contribution in [0.25, 0.3) is 0 Å². The van der Waals surface area contributed by atoms with E-state index in [1.165, 1.54) is 6.07 Å². The van der Waals surface area contributed by atoms with Crippen molar-refractivity contribution in [1.29, 1.82) is 0 Å². The van der Waals surface area contributed by atoms with E-state index >= 15 is 0 Å². The highest BCUT2D eigenvalue weighted by Crippen LogP contribution is 2.25. The largest absolute Gasteiger partial charge is 0.350 e. The molecule has 0 bridgehead atoms. The molecular formula is C20H27Cl2N3O3. The van der Waals surface area contributed by atoms with Crippen LogP contribution in [-0.2, 0) is 9.59 Å². The van der Waals surface area contributed by atoms with E-state index in [4.69, 9.17) is 23.2 Å². The van der Waals surface area contributed by atoms with Crippen LogP contribution >= 0.6 is 23.2 Å². The first-order valence-corrected chi connectivity index (χ1v) is 10.1. The minimum atomic E-state index is -0.645. The van der Waals surface area contributed by atoms with Crippen molar-refractivity contribution in [2.45, 2.75) is 52.1 Å². The van der Waals surface area contributed by atoms with E-state index in [9.17, 15) is 14.4 Å². The summed E-state index contributed by atoms with van der Waals surface area (Å²) < 4.78 is 0. The number of halogens is 2. The van der Waals surface area contributed by atoms with Gasteiger partial charge in [-0.3, -0.25) is 14.4 Å². The summed E-state index contributed by atoms with van der Waals surface area (Å²) in [6.07, 6.45) is 1.39. The summed E-state index contributed by atoms with van der Waals surface area (Å²) in [5.74, 6) is -0.997. The number of nitrogens with one attached hydrogen (secondary N) is 2. The first-order valence-electron chi connectivity index (χ1n) is 9.34. The Morgan fingerprint density at radius 1 is 1.18 bits per heavy atom. The number of rotatable bonds is 4. The fourth-order valence-corrected chi connectivity index (χ4v) is 3.36. The molecule has 0 radical (unpaired) electrons. The summed E-state index contributed by atoms with van der Waals surface area (Å²) in [7, 11) is 0.